The monoisotopic (exact) mass is 244 g/mol. The van der Waals surface area contributed by atoms with Crippen LogP contribution in [0, 0.1) is 0 Å². The molecule has 0 radical (unpaired) electrons. The number of hydrogen-bond acceptors (Lipinski definition) is 2. The Morgan fingerprint density at radius 2 is 2.22 bits per heavy atom. The van der Waals surface area contributed by atoms with Crippen LogP contribution in [0.15, 0.2) is 0 Å². The van der Waals surface area contributed by atoms with Crippen molar-refractivity contribution in [2.24, 2.45) is 0 Å². The highest BCUT2D eigenvalue weighted by Gasteiger charge is 2.13. The first kappa shape index (κ1) is 9.16. The zero-order chi connectivity index (χ0) is 7.44. The van der Waals surface area contributed by atoms with Gasteiger partial charge >= 0.3 is 5.97 Å². The van der Waals surface area contributed by atoms with Crippen molar-refractivity contribution < 1.29 is 15.0 Å². The highest BCUT2D eigenvalue weighted by Crippen LogP contribution is 2.07. The molecule has 0 amide bonds. The molecule has 2 atom stereocenters. The minimum Gasteiger partial charge on any atom is -0.481 e. The Morgan fingerprint density at radius 1 is 1.78 bits per heavy atom. The second-order valence-corrected chi connectivity index (χ2v) is 3.81. The van der Waals surface area contributed by atoms with Crippen molar-refractivity contribution in [2.75, 3.05) is 0 Å². The van der Waals surface area contributed by atoms with Crippen LogP contribution < -0.4 is 0 Å². The fourth-order valence-electron chi connectivity index (χ4n) is 0.341. The van der Waals surface area contributed by atoms with Crippen LogP contribution in [0.5, 0.6) is 0 Å². The number of carboxylic acids is 1. The van der Waals surface area contributed by atoms with E-state index in [0.29, 0.717) is 0 Å². The quantitative estimate of drug-likeness (QED) is 0.566. The average Bonchev–Trinajstić information content (AvgIpc) is 1.63. The molecule has 2 unspecified atom stereocenters. The number of carboxylic acid groups (broad SMARTS) is 1. The molecule has 0 aromatic carbocycles. The Labute approximate surface area is 67.2 Å². The summed E-state index contributed by atoms with van der Waals surface area (Å²) in [5.74, 6) is -0.953. The first-order valence-corrected chi connectivity index (χ1v) is 3.82. The van der Waals surface area contributed by atoms with Crippen molar-refractivity contribution in [1.29, 1.82) is 0 Å². The summed E-state index contributed by atoms with van der Waals surface area (Å²) in [7, 11) is 0. The predicted molar refractivity (Wildman–Crippen MR) is 41.7 cm³/mol. The minimum atomic E-state index is -0.953. The second kappa shape index (κ2) is 4.05. The Bertz CT molecular complexity index is 102. The number of carbonyl (C=O) groups is 1. The molecule has 0 saturated heterocycles. The highest BCUT2D eigenvalue weighted by atomic mass is 127. The van der Waals surface area contributed by atoms with Crippen molar-refractivity contribution >= 4 is 28.6 Å². The molecule has 4 heteroatoms. The predicted octanol–water partition coefficient (Wildman–Crippen LogP) is 0.645. The molecule has 2 N–H and O–H groups in total. The van der Waals surface area contributed by atoms with E-state index in [2.05, 4.69) is 0 Å². The van der Waals surface area contributed by atoms with Gasteiger partial charge in [-0.25, -0.2) is 0 Å². The molecule has 3 nitrogen and oxygen atoms in total. The molecule has 0 saturated carbocycles. The molecule has 0 aromatic heterocycles. The van der Waals surface area contributed by atoms with E-state index >= 15 is 0 Å². The molecule has 0 fully saturated rings. The summed E-state index contributed by atoms with van der Waals surface area (Å²) in [6.07, 6.45) is -0.882. The highest BCUT2D eigenvalue weighted by molar-refractivity contribution is 14.1. The number of aliphatic hydroxyl groups excluding tert-OH is 1. The first-order chi connectivity index (χ1) is 4.04. The average molecular weight is 244 g/mol. The van der Waals surface area contributed by atoms with E-state index in [1.165, 1.54) is 0 Å². The summed E-state index contributed by atoms with van der Waals surface area (Å²) < 4.78 is -0.00120. The smallest absolute Gasteiger partial charge is 0.306 e. The largest absolute Gasteiger partial charge is 0.481 e. The molecule has 0 aliphatic heterocycles. The molecule has 0 heterocycles. The Balaban J connectivity index is 3.50. The topological polar surface area (TPSA) is 57.5 Å². The Morgan fingerprint density at radius 3 is 2.33 bits per heavy atom. The fraction of sp³-hybridized carbons (Fsp3) is 0.800. The van der Waals surface area contributed by atoms with Gasteiger partial charge in [-0.15, -0.1) is 0 Å². The molecule has 0 aromatic rings. The molecular weight excluding hydrogens is 235 g/mol. The van der Waals surface area contributed by atoms with Gasteiger partial charge in [0.2, 0.25) is 0 Å². The summed E-state index contributed by atoms with van der Waals surface area (Å²) in [5.41, 5.74) is 0. The van der Waals surface area contributed by atoms with E-state index in [1.54, 1.807) is 6.92 Å². The summed E-state index contributed by atoms with van der Waals surface area (Å²) in [6.45, 7) is 1.77. The van der Waals surface area contributed by atoms with E-state index in [-0.39, 0.29) is 10.3 Å². The zero-order valence-corrected chi connectivity index (χ0v) is 7.20. The number of halogens is 1. The third-order valence-corrected chi connectivity index (χ3v) is 1.74. The third-order valence-electron chi connectivity index (χ3n) is 0.914. The van der Waals surface area contributed by atoms with Gasteiger partial charge in [-0.1, -0.05) is 29.5 Å². The lowest BCUT2D eigenvalue weighted by Gasteiger charge is -2.08. The first-order valence-electron chi connectivity index (χ1n) is 2.58. The summed E-state index contributed by atoms with van der Waals surface area (Å²) >= 11 is 1.99. The normalized spacial score (nSPS) is 16.8. The molecule has 54 valence electrons. The van der Waals surface area contributed by atoms with Gasteiger partial charge < -0.3 is 10.2 Å². The molecular formula is C5H9IO3. The summed E-state index contributed by atoms with van der Waals surface area (Å²) in [5, 5.41) is 17.1. The van der Waals surface area contributed by atoms with Crippen LogP contribution in [0.25, 0.3) is 0 Å². The minimum absolute atomic E-state index is 0.00120. The molecule has 0 bridgehead atoms. The molecule has 0 aliphatic rings. The number of hydrogen-bond donors (Lipinski definition) is 2. The SMILES string of the molecule is CC(I)C(O)CC(=O)O. The Kier molecular flexibility index (Phi) is 4.12. The van der Waals surface area contributed by atoms with E-state index in [4.69, 9.17) is 10.2 Å². The zero-order valence-electron chi connectivity index (χ0n) is 5.04. The lowest BCUT2D eigenvalue weighted by Crippen LogP contribution is -2.20. The van der Waals surface area contributed by atoms with Crippen molar-refractivity contribution in [3.63, 3.8) is 0 Å². The van der Waals surface area contributed by atoms with Crippen molar-refractivity contribution in [3.05, 3.63) is 0 Å². The van der Waals surface area contributed by atoms with E-state index in [9.17, 15) is 4.79 Å². The van der Waals surface area contributed by atoms with Crippen molar-refractivity contribution in [3.8, 4) is 0 Å². The molecule has 9 heavy (non-hydrogen) atoms. The van der Waals surface area contributed by atoms with Gasteiger partial charge in [0, 0.05) is 3.92 Å². The summed E-state index contributed by atoms with van der Waals surface area (Å²) in [6, 6.07) is 0. The summed E-state index contributed by atoms with van der Waals surface area (Å²) in [4.78, 5) is 9.95. The molecule has 0 aliphatic carbocycles. The van der Waals surface area contributed by atoms with Gasteiger partial charge in [0.25, 0.3) is 0 Å². The van der Waals surface area contributed by atoms with Crippen LogP contribution in [0.3, 0.4) is 0 Å². The number of aliphatic carboxylic acids is 1. The lowest BCUT2D eigenvalue weighted by molar-refractivity contribution is -0.139. The maximum absolute atomic E-state index is 9.95. The van der Waals surface area contributed by atoms with Crippen LogP contribution in [0.2, 0.25) is 0 Å². The maximum Gasteiger partial charge on any atom is 0.306 e. The van der Waals surface area contributed by atoms with Crippen LogP contribution in [-0.2, 0) is 4.79 Å². The van der Waals surface area contributed by atoms with Crippen LogP contribution in [-0.4, -0.2) is 26.2 Å². The van der Waals surface area contributed by atoms with Crippen LogP contribution in [0.1, 0.15) is 13.3 Å². The number of aliphatic hydroxyl groups is 1. The number of alkyl halides is 1. The lowest BCUT2D eigenvalue weighted by atomic mass is 10.2. The maximum atomic E-state index is 9.95. The fourth-order valence-corrected chi connectivity index (χ4v) is 0.596. The molecule has 0 spiro atoms. The van der Waals surface area contributed by atoms with Crippen LogP contribution in [0.4, 0.5) is 0 Å². The van der Waals surface area contributed by atoms with Crippen LogP contribution >= 0.6 is 22.6 Å². The third kappa shape index (κ3) is 4.65. The van der Waals surface area contributed by atoms with E-state index in [1.807, 2.05) is 22.6 Å². The van der Waals surface area contributed by atoms with Gasteiger partial charge in [0.15, 0.2) is 0 Å². The van der Waals surface area contributed by atoms with Gasteiger partial charge in [0.1, 0.15) is 0 Å². The van der Waals surface area contributed by atoms with E-state index in [0.717, 1.165) is 0 Å². The van der Waals surface area contributed by atoms with E-state index < -0.39 is 12.1 Å². The molecule has 0 rings (SSSR count). The standard InChI is InChI=1S/C5H9IO3/c1-3(6)4(7)2-5(8)9/h3-4,7H,2H2,1H3,(H,8,9). The van der Waals surface area contributed by atoms with Crippen molar-refractivity contribution in [2.45, 2.75) is 23.4 Å². The van der Waals surface area contributed by atoms with Gasteiger partial charge in [-0.2, -0.15) is 0 Å². The van der Waals surface area contributed by atoms with Gasteiger partial charge in [0.05, 0.1) is 12.5 Å². The van der Waals surface area contributed by atoms with Gasteiger partial charge in [-0.05, 0) is 0 Å². The van der Waals surface area contributed by atoms with Crippen molar-refractivity contribution in [1.82, 2.24) is 0 Å². The number of rotatable bonds is 3. The second-order valence-electron chi connectivity index (χ2n) is 1.84. The Hall–Kier alpha value is 0.160. The van der Waals surface area contributed by atoms with Gasteiger partial charge in [-0.3, -0.25) is 4.79 Å².